The van der Waals surface area contributed by atoms with E-state index in [2.05, 4.69) is 15.6 Å². The number of benzene rings is 1. The number of nitrogens with one attached hydrogen (secondary N) is 2. The number of hydrogen-bond donors (Lipinski definition) is 2. The molecule has 5 nitrogen and oxygen atoms in total. The van der Waals surface area contributed by atoms with Gasteiger partial charge in [-0.15, -0.1) is 0 Å². The number of alkyl halides is 3. The van der Waals surface area contributed by atoms with Crippen LogP contribution in [0.4, 0.5) is 13.2 Å². The third-order valence-electron chi connectivity index (χ3n) is 4.69. The van der Waals surface area contributed by atoms with Crippen LogP contribution in [-0.2, 0) is 17.0 Å². The topological polar surface area (TPSA) is 62.7 Å². The molecule has 3 atom stereocenters. The molecule has 158 valence electrons. The summed E-state index contributed by atoms with van der Waals surface area (Å²) in [5, 5.41) is 6.73. The lowest BCUT2D eigenvalue weighted by atomic mass is 9.95. The molecule has 3 unspecified atom stereocenters. The summed E-state index contributed by atoms with van der Waals surface area (Å²) in [6, 6.07) is 4.86. The maximum Gasteiger partial charge on any atom is 0.416 e. The Morgan fingerprint density at radius 2 is 2.00 bits per heavy atom. The Morgan fingerprint density at radius 1 is 1.29 bits per heavy atom. The maximum atomic E-state index is 12.5. The minimum Gasteiger partial charge on any atom is -0.492 e. The molecule has 28 heavy (non-hydrogen) atoms. The fourth-order valence-corrected chi connectivity index (χ4v) is 4.56. The van der Waals surface area contributed by atoms with Crippen molar-refractivity contribution < 1.29 is 22.1 Å². The molecule has 9 heteroatoms. The Hall–Kier alpha value is -1.77. The van der Waals surface area contributed by atoms with Gasteiger partial charge in [-0.1, -0.05) is 13.3 Å². The smallest absolute Gasteiger partial charge is 0.416 e. The number of aliphatic imine (C=N–C) groups is 1. The van der Waals surface area contributed by atoms with E-state index >= 15 is 0 Å². The van der Waals surface area contributed by atoms with E-state index in [-0.39, 0.29) is 11.3 Å². The van der Waals surface area contributed by atoms with Gasteiger partial charge in [-0.3, -0.25) is 9.20 Å². The zero-order chi connectivity index (χ0) is 20.6. The lowest BCUT2D eigenvalue weighted by Crippen LogP contribution is -2.47. The molecule has 0 spiro atoms. The summed E-state index contributed by atoms with van der Waals surface area (Å²) in [6.07, 6.45) is -0.419. The second kappa shape index (κ2) is 10.7. The fraction of sp³-hybridized carbons (Fsp3) is 0.632. The van der Waals surface area contributed by atoms with Crippen molar-refractivity contribution >= 4 is 16.8 Å². The molecule has 0 bridgehead atoms. The first-order valence-corrected chi connectivity index (χ1v) is 10.9. The summed E-state index contributed by atoms with van der Waals surface area (Å²) < 4.78 is 55.2. The first kappa shape index (κ1) is 22.5. The average Bonchev–Trinajstić information content (AvgIpc) is 2.69. The predicted octanol–water partition coefficient (Wildman–Crippen LogP) is 3.33. The molecule has 1 aromatic carbocycles. The van der Waals surface area contributed by atoms with Crippen LogP contribution in [0.15, 0.2) is 29.3 Å². The molecule has 1 fully saturated rings. The van der Waals surface area contributed by atoms with Gasteiger partial charge >= 0.3 is 6.18 Å². The van der Waals surface area contributed by atoms with Crippen molar-refractivity contribution in [3.63, 3.8) is 0 Å². The number of rotatable bonds is 7. The van der Waals surface area contributed by atoms with Crippen LogP contribution in [-0.4, -0.2) is 47.4 Å². The highest BCUT2D eigenvalue weighted by Gasteiger charge is 2.30. The zero-order valence-corrected chi connectivity index (χ0v) is 17.0. The number of halogens is 3. The molecular formula is C19H28F3N3O2S. The highest BCUT2D eigenvalue weighted by atomic mass is 32.2. The van der Waals surface area contributed by atoms with Gasteiger partial charge in [-0.05, 0) is 43.5 Å². The number of nitrogens with zero attached hydrogens (tertiary/aromatic N) is 1. The quantitative estimate of drug-likeness (QED) is 0.404. The van der Waals surface area contributed by atoms with Gasteiger partial charge in [0.25, 0.3) is 0 Å². The van der Waals surface area contributed by atoms with E-state index in [1.54, 1.807) is 7.05 Å². The molecule has 0 amide bonds. The third-order valence-corrected chi connectivity index (χ3v) is 6.43. The highest BCUT2D eigenvalue weighted by Crippen LogP contribution is 2.30. The Morgan fingerprint density at radius 3 is 2.61 bits per heavy atom. The summed E-state index contributed by atoms with van der Waals surface area (Å²) in [5.74, 6) is 1.71. The SMILES string of the molecule is CCS(=O)C1CCCC(NC(=NC)NCCOc2ccc(C(F)(F)F)cc2)C1. The van der Waals surface area contributed by atoms with Gasteiger partial charge in [0.1, 0.15) is 12.4 Å². The molecule has 2 N–H and O–H groups in total. The van der Waals surface area contributed by atoms with Gasteiger partial charge in [-0.2, -0.15) is 13.2 Å². The summed E-state index contributed by atoms with van der Waals surface area (Å²) >= 11 is 0. The summed E-state index contributed by atoms with van der Waals surface area (Å²) in [7, 11) is 0.900. The molecule has 0 aliphatic heterocycles. The van der Waals surface area contributed by atoms with Crippen LogP contribution in [0.1, 0.15) is 38.2 Å². The van der Waals surface area contributed by atoms with E-state index in [0.717, 1.165) is 37.8 Å². The second-order valence-corrected chi connectivity index (χ2v) is 8.67. The first-order chi connectivity index (χ1) is 13.3. The Kier molecular flexibility index (Phi) is 8.59. The van der Waals surface area contributed by atoms with Gasteiger partial charge in [0.05, 0.1) is 12.1 Å². The summed E-state index contributed by atoms with van der Waals surface area (Å²) in [5.41, 5.74) is -0.697. The molecule has 0 saturated heterocycles. The van der Waals surface area contributed by atoms with Gasteiger partial charge in [0.2, 0.25) is 0 Å². The first-order valence-electron chi connectivity index (χ1n) is 9.48. The minimum absolute atomic E-state index is 0.233. The van der Waals surface area contributed by atoms with E-state index in [9.17, 15) is 17.4 Å². The van der Waals surface area contributed by atoms with E-state index in [1.165, 1.54) is 12.1 Å². The molecule has 1 aromatic rings. The van der Waals surface area contributed by atoms with Crippen LogP contribution >= 0.6 is 0 Å². The Balaban J connectivity index is 1.73. The van der Waals surface area contributed by atoms with Crippen LogP contribution in [0.3, 0.4) is 0 Å². The molecule has 1 aliphatic carbocycles. The molecule has 0 aromatic heterocycles. The second-order valence-electron chi connectivity index (χ2n) is 6.67. The van der Waals surface area contributed by atoms with E-state index < -0.39 is 22.5 Å². The molecule has 0 radical (unpaired) electrons. The van der Waals surface area contributed by atoms with Crippen LogP contribution in [0.25, 0.3) is 0 Å². The molecule has 0 heterocycles. The molecule has 2 rings (SSSR count). The van der Waals surface area contributed by atoms with Gasteiger partial charge in [0.15, 0.2) is 5.96 Å². The van der Waals surface area contributed by atoms with Crippen molar-refractivity contribution in [1.29, 1.82) is 0 Å². The Bertz CT molecular complexity index is 665. The zero-order valence-electron chi connectivity index (χ0n) is 16.2. The third kappa shape index (κ3) is 7.00. The van der Waals surface area contributed by atoms with Crippen molar-refractivity contribution in [3.8, 4) is 5.75 Å². The normalized spacial score (nSPS) is 21.8. The van der Waals surface area contributed by atoms with E-state index in [0.29, 0.717) is 30.6 Å². The fourth-order valence-electron chi connectivity index (χ4n) is 3.22. The van der Waals surface area contributed by atoms with Gasteiger partial charge in [-0.25, -0.2) is 0 Å². The summed E-state index contributed by atoms with van der Waals surface area (Å²) in [4.78, 5) is 4.19. The monoisotopic (exact) mass is 419 g/mol. The molecule has 1 aliphatic rings. The lowest BCUT2D eigenvalue weighted by molar-refractivity contribution is -0.137. The number of hydrogen-bond acceptors (Lipinski definition) is 3. The number of guanidine groups is 1. The van der Waals surface area contributed by atoms with E-state index in [4.69, 9.17) is 4.74 Å². The van der Waals surface area contributed by atoms with Gasteiger partial charge in [0, 0.05) is 34.9 Å². The standard InChI is InChI=1S/C19H28F3N3O2S/c1-3-28(26)17-6-4-5-15(13-17)25-18(23-2)24-11-12-27-16-9-7-14(8-10-16)19(20,21)22/h7-10,15,17H,3-6,11-13H2,1-2H3,(H2,23,24,25). The number of ether oxygens (including phenoxy) is 1. The van der Waals surface area contributed by atoms with Crippen molar-refractivity contribution in [2.45, 2.75) is 50.1 Å². The maximum absolute atomic E-state index is 12.5. The van der Waals surface area contributed by atoms with Crippen molar-refractivity contribution in [2.75, 3.05) is 26.0 Å². The van der Waals surface area contributed by atoms with Crippen molar-refractivity contribution in [1.82, 2.24) is 10.6 Å². The Labute approximate surface area is 166 Å². The van der Waals surface area contributed by atoms with Crippen LogP contribution in [0.5, 0.6) is 5.75 Å². The van der Waals surface area contributed by atoms with Crippen LogP contribution < -0.4 is 15.4 Å². The average molecular weight is 420 g/mol. The predicted molar refractivity (Wildman–Crippen MR) is 106 cm³/mol. The lowest BCUT2D eigenvalue weighted by Gasteiger charge is -2.30. The van der Waals surface area contributed by atoms with Crippen LogP contribution in [0, 0.1) is 0 Å². The van der Waals surface area contributed by atoms with Crippen molar-refractivity contribution in [2.24, 2.45) is 4.99 Å². The minimum atomic E-state index is -4.35. The van der Waals surface area contributed by atoms with Gasteiger partial charge < -0.3 is 15.4 Å². The van der Waals surface area contributed by atoms with E-state index in [1.807, 2.05) is 6.92 Å². The summed E-state index contributed by atoms with van der Waals surface area (Å²) in [6.45, 7) is 2.70. The van der Waals surface area contributed by atoms with Crippen LogP contribution in [0.2, 0.25) is 0 Å². The molecular weight excluding hydrogens is 391 g/mol. The highest BCUT2D eigenvalue weighted by molar-refractivity contribution is 7.85. The van der Waals surface area contributed by atoms with Crippen molar-refractivity contribution in [3.05, 3.63) is 29.8 Å². The molecule has 1 saturated carbocycles. The largest absolute Gasteiger partial charge is 0.492 e.